The van der Waals surface area contributed by atoms with Gasteiger partial charge in [0.2, 0.25) is 0 Å². The maximum Gasteiger partial charge on any atom is 0.137 e. The number of nitrogens with one attached hydrogen (secondary N) is 2. The van der Waals surface area contributed by atoms with E-state index >= 15 is 0 Å². The van der Waals surface area contributed by atoms with Crippen LogP contribution in [0.15, 0.2) is 12.4 Å². The summed E-state index contributed by atoms with van der Waals surface area (Å²) in [4.78, 5) is 4.08. The average Bonchev–Trinajstić information content (AvgIpc) is 3.01. The summed E-state index contributed by atoms with van der Waals surface area (Å²) >= 11 is 0. The lowest BCUT2D eigenvalue weighted by molar-refractivity contribution is 0.637. The van der Waals surface area contributed by atoms with Gasteiger partial charge in [0.05, 0.1) is 0 Å². The molecule has 19 heavy (non-hydrogen) atoms. The number of hydrogen-bond donors (Lipinski definition) is 2. The average molecular weight is 258 g/mol. The second kappa shape index (κ2) is 6.16. The number of nitrogens with zero attached hydrogens (tertiary/aromatic N) is 4. The quantitative estimate of drug-likeness (QED) is 0.759. The number of rotatable bonds is 6. The standard InChI is InChI=1S/C13H18N6/c1-10-11(6-12(7-14)19(10)2)8-15-5-3-4-13-16-9-17-18-13/h6,9,15H,3-5,8H2,1-2H3,(H,16,17,18). The molecule has 0 unspecified atom stereocenters. The molecule has 0 saturated carbocycles. The second-order valence-corrected chi connectivity index (χ2v) is 4.52. The van der Waals surface area contributed by atoms with Gasteiger partial charge in [-0.1, -0.05) is 0 Å². The van der Waals surface area contributed by atoms with Gasteiger partial charge in [-0.25, -0.2) is 4.98 Å². The van der Waals surface area contributed by atoms with Crippen LogP contribution in [0.1, 0.15) is 29.2 Å². The number of aromatic amines is 1. The minimum absolute atomic E-state index is 0.705. The van der Waals surface area contributed by atoms with Crippen LogP contribution in [0.25, 0.3) is 0 Å². The lowest BCUT2D eigenvalue weighted by atomic mass is 10.2. The van der Waals surface area contributed by atoms with E-state index in [4.69, 9.17) is 5.26 Å². The van der Waals surface area contributed by atoms with Gasteiger partial charge in [0.1, 0.15) is 23.9 Å². The Morgan fingerprint density at radius 2 is 2.37 bits per heavy atom. The highest BCUT2D eigenvalue weighted by molar-refractivity contribution is 5.33. The lowest BCUT2D eigenvalue weighted by Crippen LogP contribution is -2.16. The van der Waals surface area contributed by atoms with Crippen LogP contribution in [-0.4, -0.2) is 26.3 Å². The Morgan fingerprint density at radius 1 is 1.53 bits per heavy atom. The van der Waals surface area contributed by atoms with E-state index in [1.807, 2.05) is 24.6 Å². The molecule has 0 saturated heterocycles. The molecule has 0 aliphatic rings. The summed E-state index contributed by atoms with van der Waals surface area (Å²) in [5, 5.41) is 19.0. The third-order valence-electron chi connectivity index (χ3n) is 3.30. The predicted molar refractivity (Wildman–Crippen MR) is 71.3 cm³/mol. The highest BCUT2D eigenvalue weighted by Crippen LogP contribution is 2.12. The molecular weight excluding hydrogens is 240 g/mol. The summed E-state index contributed by atoms with van der Waals surface area (Å²) in [7, 11) is 1.92. The smallest absolute Gasteiger partial charge is 0.137 e. The van der Waals surface area contributed by atoms with E-state index in [9.17, 15) is 0 Å². The zero-order valence-corrected chi connectivity index (χ0v) is 11.3. The van der Waals surface area contributed by atoms with Crippen molar-refractivity contribution >= 4 is 0 Å². The zero-order valence-electron chi connectivity index (χ0n) is 11.3. The van der Waals surface area contributed by atoms with E-state index in [-0.39, 0.29) is 0 Å². The van der Waals surface area contributed by atoms with E-state index in [0.29, 0.717) is 5.69 Å². The van der Waals surface area contributed by atoms with Gasteiger partial charge in [-0.05, 0) is 31.5 Å². The minimum Gasteiger partial charge on any atom is -0.340 e. The van der Waals surface area contributed by atoms with Gasteiger partial charge in [-0.15, -0.1) is 0 Å². The minimum atomic E-state index is 0.705. The van der Waals surface area contributed by atoms with Crippen molar-refractivity contribution in [2.45, 2.75) is 26.3 Å². The molecule has 0 amide bonds. The molecule has 0 aliphatic heterocycles. The predicted octanol–water partition coefficient (Wildman–Crippen LogP) is 1.05. The van der Waals surface area contributed by atoms with Crippen LogP contribution < -0.4 is 5.32 Å². The van der Waals surface area contributed by atoms with Gasteiger partial charge in [0, 0.05) is 25.7 Å². The van der Waals surface area contributed by atoms with Crippen molar-refractivity contribution < 1.29 is 0 Å². The Bertz CT molecular complexity index is 561. The molecule has 0 atom stereocenters. The molecule has 0 aromatic carbocycles. The van der Waals surface area contributed by atoms with Gasteiger partial charge < -0.3 is 9.88 Å². The molecule has 100 valence electrons. The first-order chi connectivity index (χ1) is 9.22. The molecule has 0 spiro atoms. The van der Waals surface area contributed by atoms with Crippen molar-refractivity contribution in [1.29, 1.82) is 5.26 Å². The van der Waals surface area contributed by atoms with Crippen LogP contribution in [0.4, 0.5) is 0 Å². The van der Waals surface area contributed by atoms with Gasteiger partial charge >= 0.3 is 0 Å². The number of hydrogen-bond acceptors (Lipinski definition) is 4. The Balaban J connectivity index is 1.75. The van der Waals surface area contributed by atoms with Crippen LogP contribution in [0.2, 0.25) is 0 Å². The number of aryl methyl sites for hydroxylation is 1. The fraction of sp³-hybridized carbons (Fsp3) is 0.462. The van der Waals surface area contributed by atoms with Crippen molar-refractivity contribution in [3.8, 4) is 6.07 Å². The van der Waals surface area contributed by atoms with E-state index in [0.717, 1.165) is 37.4 Å². The first-order valence-corrected chi connectivity index (χ1v) is 6.32. The zero-order chi connectivity index (χ0) is 13.7. The lowest BCUT2D eigenvalue weighted by Gasteiger charge is -2.04. The Hall–Kier alpha value is -2.13. The van der Waals surface area contributed by atoms with Crippen LogP contribution in [0.3, 0.4) is 0 Å². The molecule has 2 aromatic heterocycles. The molecular formula is C13H18N6. The SMILES string of the molecule is Cc1c(CNCCCc2ncn[nH]2)cc(C#N)n1C. The Morgan fingerprint density at radius 3 is 3.00 bits per heavy atom. The van der Waals surface area contributed by atoms with Crippen molar-refractivity contribution in [1.82, 2.24) is 25.1 Å². The van der Waals surface area contributed by atoms with Crippen LogP contribution >= 0.6 is 0 Å². The van der Waals surface area contributed by atoms with Gasteiger partial charge in [0.15, 0.2) is 0 Å². The molecule has 0 fully saturated rings. The third kappa shape index (κ3) is 3.20. The van der Waals surface area contributed by atoms with E-state index in [1.165, 1.54) is 11.9 Å². The number of nitriles is 1. The molecule has 6 nitrogen and oxygen atoms in total. The topological polar surface area (TPSA) is 82.3 Å². The Kier molecular flexibility index (Phi) is 4.31. The normalized spacial score (nSPS) is 10.6. The van der Waals surface area contributed by atoms with Crippen molar-refractivity contribution in [2.24, 2.45) is 7.05 Å². The first-order valence-electron chi connectivity index (χ1n) is 6.32. The highest BCUT2D eigenvalue weighted by atomic mass is 15.2. The molecule has 0 aliphatic carbocycles. The molecule has 2 N–H and O–H groups in total. The van der Waals surface area contributed by atoms with Crippen molar-refractivity contribution in [3.05, 3.63) is 35.2 Å². The molecule has 6 heteroatoms. The molecule has 2 rings (SSSR count). The monoisotopic (exact) mass is 258 g/mol. The maximum atomic E-state index is 8.96. The molecule has 2 aromatic rings. The highest BCUT2D eigenvalue weighted by Gasteiger charge is 2.07. The fourth-order valence-corrected chi connectivity index (χ4v) is 2.00. The summed E-state index contributed by atoms with van der Waals surface area (Å²) in [6.07, 6.45) is 3.43. The molecule has 0 bridgehead atoms. The van der Waals surface area contributed by atoms with Crippen molar-refractivity contribution in [2.75, 3.05) is 6.54 Å². The largest absolute Gasteiger partial charge is 0.340 e. The van der Waals surface area contributed by atoms with Gasteiger partial charge in [0.25, 0.3) is 0 Å². The first kappa shape index (κ1) is 13.3. The summed E-state index contributed by atoms with van der Waals surface area (Å²) in [6.45, 7) is 3.74. The number of aromatic nitrogens is 4. The summed E-state index contributed by atoms with van der Waals surface area (Å²) in [5.41, 5.74) is 3.02. The Labute approximate surface area is 112 Å². The molecule has 2 heterocycles. The summed E-state index contributed by atoms with van der Waals surface area (Å²) < 4.78 is 1.92. The summed E-state index contributed by atoms with van der Waals surface area (Å²) in [6, 6.07) is 4.14. The van der Waals surface area contributed by atoms with Crippen LogP contribution in [-0.2, 0) is 20.0 Å². The van der Waals surface area contributed by atoms with Crippen molar-refractivity contribution in [3.63, 3.8) is 0 Å². The summed E-state index contributed by atoms with van der Waals surface area (Å²) in [5.74, 6) is 0.921. The van der Waals surface area contributed by atoms with Gasteiger partial charge in [-0.3, -0.25) is 5.10 Å². The van der Waals surface area contributed by atoms with Crippen LogP contribution in [0, 0.1) is 18.3 Å². The number of H-pyrrole nitrogens is 1. The fourth-order valence-electron chi connectivity index (χ4n) is 2.00. The second-order valence-electron chi connectivity index (χ2n) is 4.52. The van der Waals surface area contributed by atoms with Crippen LogP contribution in [0.5, 0.6) is 0 Å². The maximum absolute atomic E-state index is 8.96. The van der Waals surface area contributed by atoms with Gasteiger partial charge in [-0.2, -0.15) is 10.4 Å². The van der Waals surface area contributed by atoms with E-state index < -0.39 is 0 Å². The molecule has 0 radical (unpaired) electrons. The third-order valence-corrected chi connectivity index (χ3v) is 3.30. The van der Waals surface area contributed by atoms with E-state index in [2.05, 4.69) is 26.6 Å². The van der Waals surface area contributed by atoms with E-state index in [1.54, 1.807) is 0 Å².